The standard InChI is InChI=1S/C21H20ClN3OS/c22-18-8-6-16(7-9-18)14-19-20(26)23-21(27-19)25-12-10-24(11-13-25)15-17-4-2-1-3-5-17/h1-9,14H,10-13,15H2/p+1/b19-14-. The van der Waals surface area contributed by atoms with E-state index in [1.165, 1.54) is 17.3 Å². The normalized spacial score (nSPS) is 19.6. The molecule has 0 aromatic heterocycles. The van der Waals surface area contributed by atoms with Gasteiger partial charge in [0.2, 0.25) is 0 Å². The van der Waals surface area contributed by atoms with Crippen molar-refractivity contribution in [2.45, 2.75) is 6.54 Å². The largest absolute Gasteiger partial charge is 0.339 e. The molecule has 4 rings (SSSR count). The molecule has 1 N–H and O–H groups in total. The summed E-state index contributed by atoms with van der Waals surface area (Å²) in [6.07, 6.45) is 1.89. The Balaban J connectivity index is 1.34. The molecule has 2 aromatic rings. The van der Waals surface area contributed by atoms with E-state index in [9.17, 15) is 4.79 Å². The number of benzene rings is 2. The van der Waals surface area contributed by atoms with Gasteiger partial charge in [-0.25, -0.2) is 0 Å². The molecule has 1 amide bonds. The smallest absolute Gasteiger partial charge is 0.286 e. The first kappa shape index (κ1) is 18.3. The predicted molar refractivity (Wildman–Crippen MR) is 112 cm³/mol. The third-order valence-electron chi connectivity index (χ3n) is 4.82. The number of aliphatic imine (C=N–C) groups is 1. The molecule has 4 nitrogen and oxygen atoms in total. The maximum absolute atomic E-state index is 12.3. The fourth-order valence-electron chi connectivity index (χ4n) is 3.32. The monoisotopic (exact) mass is 398 g/mol. The Bertz CT molecular complexity index is 872. The molecule has 138 valence electrons. The maximum atomic E-state index is 12.3. The highest BCUT2D eigenvalue weighted by Gasteiger charge is 2.29. The molecule has 2 aromatic carbocycles. The molecule has 0 aliphatic carbocycles. The highest BCUT2D eigenvalue weighted by molar-refractivity contribution is 8.18. The number of halogens is 1. The van der Waals surface area contributed by atoms with Crippen LogP contribution < -0.4 is 4.90 Å². The minimum Gasteiger partial charge on any atom is -0.339 e. The summed E-state index contributed by atoms with van der Waals surface area (Å²) in [5.74, 6) is -0.149. The van der Waals surface area contributed by atoms with Gasteiger partial charge >= 0.3 is 0 Å². The number of piperazine rings is 1. The van der Waals surface area contributed by atoms with E-state index in [1.54, 1.807) is 4.90 Å². The van der Waals surface area contributed by atoms with Crippen LogP contribution in [-0.2, 0) is 11.3 Å². The first-order valence-corrected chi connectivity index (χ1v) is 10.3. The van der Waals surface area contributed by atoms with Crippen LogP contribution in [0.4, 0.5) is 0 Å². The lowest BCUT2D eigenvalue weighted by atomic mass is 10.2. The minimum atomic E-state index is -0.149. The molecule has 2 aliphatic rings. The lowest BCUT2D eigenvalue weighted by Gasteiger charge is -2.32. The van der Waals surface area contributed by atoms with E-state index in [0.29, 0.717) is 9.93 Å². The molecular weight excluding hydrogens is 378 g/mol. The van der Waals surface area contributed by atoms with E-state index in [0.717, 1.165) is 43.5 Å². The van der Waals surface area contributed by atoms with Crippen molar-refractivity contribution in [3.8, 4) is 0 Å². The van der Waals surface area contributed by atoms with Crippen molar-refractivity contribution in [3.63, 3.8) is 0 Å². The van der Waals surface area contributed by atoms with E-state index in [1.807, 2.05) is 30.3 Å². The summed E-state index contributed by atoms with van der Waals surface area (Å²) in [6.45, 7) is 5.01. The van der Waals surface area contributed by atoms with Gasteiger partial charge in [-0.2, -0.15) is 4.99 Å². The van der Waals surface area contributed by atoms with Crippen molar-refractivity contribution >= 4 is 40.5 Å². The van der Waals surface area contributed by atoms with E-state index in [4.69, 9.17) is 11.6 Å². The number of thioether (sulfide) groups is 1. The molecule has 1 saturated heterocycles. The van der Waals surface area contributed by atoms with Gasteiger partial charge in [0.25, 0.3) is 5.91 Å². The topological polar surface area (TPSA) is 37.1 Å². The number of nitrogens with one attached hydrogen (secondary N) is 1. The third kappa shape index (κ3) is 4.61. The van der Waals surface area contributed by atoms with Gasteiger partial charge in [-0.05, 0) is 35.5 Å². The van der Waals surface area contributed by atoms with Crippen LogP contribution in [-0.4, -0.2) is 42.2 Å². The Morgan fingerprint density at radius 3 is 2.48 bits per heavy atom. The number of quaternary nitrogens is 1. The Labute approximate surface area is 168 Å². The van der Waals surface area contributed by atoms with Crippen LogP contribution in [0.2, 0.25) is 5.02 Å². The van der Waals surface area contributed by atoms with Gasteiger partial charge in [-0.3, -0.25) is 4.79 Å². The Morgan fingerprint density at radius 1 is 1.07 bits per heavy atom. The zero-order chi connectivity index (χ0) is 18.6. The van der Waals surface area contributed by atoms with Crippen LogP contribution in [0.25, 0.3) is 6.08 Å². The summed E-state index contributed by atoms with van der Waals surface area (Å²) < 4.78 is 0. The van der Waals surface area contributed by atoms with Crippen molar-refractivity contribution < 1.29 is 9.69 Å². The average molecular weight is 399 g/mol. The molecule has 0 atom stereocenters. The second-order valence-electron chi connectivity index (χ2n) is 6.76. The average Bonchev–Trinajstić information content (AvgIpc) is 3.05. The molecule has 6 heteroatoms. The second-order valence-corrected chi connectivity index (χ2v) is 8.21. The van der Waals surface area contributed by atoms with E-state index in [-0.39, 0.29) is 5.91 Å². The van der Waals surface area contributed by atoms with Crippen LogP contribution in [0.15, 0.2) is 64.5 Å². The lowest BCUT2D eigenvalue weighted by Crippen LogP contribution is -3.13. The fourth-order valence-corrected chi connectivity index (χ4v) is 4.41. The Morgan fingerprint density at radius 2 is 1.78 bits per heavy atom. The summed E-state index contributed by atoms with van der Waals surface area (Å²) in [5.41, 5.74) is 2.33. The van der Waals surface area contributed by atoms with E-state index < -0.39 is 0 Å². The molecule has 0 unspecified atom stereocenters. The lowest BCUT2D eigenvalue weighted by molar-refractivity contribution is -0.917. The van der Waals surface area contributed by atoms with Crippen LogP contribution in [0.5, 0.6) is 0 Å². The molecule has 0 spiro atoms. The van der Waals surface area contributed by atoms with Crippen molar-refractivity contribution in [2.75, 3.05) is 26.2 Å². The summed E-state index contributed by atoms with van der Waals surface area (Å²) >= 11 is 7.40. The molecular formula is C21H21ClN3OS+. The van der Waals surface area contributed by atoms with Gasteiger partial charge < -0.3 is 9.80 Å². The summed E-state index contributed by atoms with van der Waals surface area (Å²) in [7, 11) is 0. The van der Waals surface area contributed by atoms with Crippen LogP contribution >= 0.6 is 23.4 Å². The number of amides is 1. The predicted octanol–water partition coefficient (Wildman–Crippen LogP) is 2.71. The van der Waals surface area contributed by atoms with Crippen LogP contribution in [0.1, 0.15) is 11.1 Å². The van der Waals surface area contributed by atoms with Crippen LogP contribution in [0.3, 0.4) is 0 Å². The summed E-state index contributed by atoms with van der Waals surface area (Å²) in [4.78, 5) is 21.0. The summed E-state index contributed by atoms with van der Waals surface area (Å²) in [5, 5.41) is 1.52. The first-order valence-electron chi connectivity index (χ1n) is 9.08. The Kier molecular flexibility index (Phi) is 5.62. The quantitative estimate of drug-likeness (QED) is 0.808. The van der Waals surface area contributed by atoms with Crippen molar-refractivity contribution in [3.05, 3.63) is 75.7 Å². The van der Waals surface area contributed by atoms with Gasteiger partial charge in [0.05, 0.1) is 31.1 Å². The van der Waals surface area contributed by atoms with Crippen molar-refractivity contribution in [1.82, 2.24) is 4.90 Å². The number of amidine groups is 1. The number of rotatable bonds is 3. The van der Waals surface area contributed by atoms with Gasteiger partial charge in [0, 0.05) is 10.6 Å². The Hall–Kier alpha value is -2.08. The maximum Gasteiger partial charge on any atom is 0.286 e. The molecule has 0 saturated carbocycles. The molecule has 2 aliphatic heterocycles. The van der Waals surface area contributed by atoms with E-state index in [2.05, 4.69) is 40.2 Å². The van der Waals surface area contributed by atoms with Gasteiger partial charge in [0.1, 0.15) is 6.54 Å². The molecule has 0 bridgehead atoms. The third-order valence-corrected chi connectivity index (χ3v) is 6.11. The van der Waals surface area contributed by atoms with E-state index >= 15 is 0 Å². The summed E-state index contributed by atoms with van der Waals surface area (Å²) in [6, 6.07) is 18.1. The zero-order valence-electron chi connectivity index (χ0n) is 14.9. The number of hydrogen-bond acceptors (Lipinski definition) is 3. The molecule has 0 radical (unpaired) electrons. The number of hydrogen-bond donors (Lipinski definition) is 1. The molecule has 2 heterocycles. The minimum absolute atomic E-state index is 0.149. The number of carbonyl (C=O) groups excluding carboxylic acids is 1. The van der Waals surface area contributed by atoms with Gasteiger partial charge in [0.15, 0.2) is 5.17 Å². The van der Waals surface area contributed by atoms with Crippen molar-refractivity contribution in [2.24, 2.45) is 4.99 Å². The van der Waals surface area contributed by atoms with Crippen LogP contribution in [0, 0.1) is 0 Å². The molecule has 27 heavy (non-hydrogen) atoms. The fraction of sp³-hybridized carbons (Fsp3) is 0.238. The van der Waals surface area contributed by atoms with Gasteiger partial charge in [-0.1, -0.05) is 54.1 Å². The highest BCUT2D eigenvalue weighted by atomic mass is 35.5. The highest BCUT2D eigenvalue weighted by Crippen LogP contribution is 2.30. The second kappa shape index (κ2) is 8.30. The first-order chi connectivity index (χ1) is 13.2. The SMILES string of the molecule is O=C1N=C(N2CC[NH+](Cc3ccccc3)CC2)S/C1=C\c1ccc(Cl)cc1. The number of carbonyl (C=O) groups is 1. The number of nitrogens with zero attached hydrogens (tertiary/aromatic N) is 2. The molecule has 1 fully saturated rings. The van der Waals surface area contributed by atoms with Crippen molar-refractivity contribution in [1.29, 1.82) is 0 Å². The zero-order valence-corrected chi connectivity index (χ0v) is 16.5. The van der Waals surface area contributed by atoms with Gasteiger partial charge in [-0.15, -0.1) is 0 Å².